The normalized spacial score (nSPS) is 9.08. The first-order chi connectivity index (χ1) is 5.74. The van der Waals surface area contributed by atoms with Crippen molar-refractivity contribution in [2.75, 3.05) is 0 Å². The van der Waals surface area contributed by atoms with Crippen LogP contribution >= 0.6 is 24.0 Å². The Bertz CT molecular complexity index is 289. The fourth-order valence-corrected chi connectivity index (χ4v) is 1.22. The van der Waals surface area contributed by atoms with Gasteiger partial charge in [-0.25, -0.2) is 0 Å². The van der Waals surface area contributed by atoms with Crippen molar-refractivity contribution in [2.24, 2.45) is 5.73 Å². The molecule has 0 aliphatic heterocycles. The second-order valence-electron chi connectivity index (χ2n) is 2.50. The lowest BCUT2D eigenvalue weighted by molar-refractivity contribution is -0.111. The first-order valence-corrected chi connectivity index (χ1v) is 4.07. The van der Waals surface area contributed by atoms with E-state index in [0.717, 1.165) is 11.1 Å². The molecule has 4 heteroatoms. The van der Waals surface area contributed by atoms with Gasteiger partial charge >= 0.3 is 0 Å². The van der Waals surface area contributed by atoms with Gasteiger partial charge in [0.05, 0.1) is 0 Å². The monoisotopic (exact) mass is 219 g/mol. The molecule has 0 unspecified atom stereocenters. The van der Waals surface area contributed by atoms with E-state index in [2.05, 4.69) is 0 Å². The molecule has 0 fully saturated rings. The third-order valence-electron chi connectivity index (χ3n) is 1.67. The third kappa shape index (κ3) is 3.77. The van der Waals surface area contributed by atoms with Crippen LogP contribution < -0.4 is 5.73 Å². The Balaban J connectivity index is 0.00000144. The van der Waals surface area contributed by atoms with Gasteiger partial charge in [0.15, 0.2) is 0 Å². The quantitative estimate of drug-likeness (QED) is 0.790. The van der Waals surface area contributed by atoms with Crippen LogP contribution in [-0.2, 0) is 17.8 Å². The average Bonchev–Trinajstić information content (AvgIpc) is 2.04. The molecule has 0 aliphatic carbocycles. The van der Waals surface area contributed by atoms with Crippen LogP contribution in [0.2, 0.25) is 0 Å². The molecule has 72 valence electrons. The minimum Gasteiger partial charge on any atom is -0.326 e. The van der Waals surface area contributed by atoms with Crippen molar-refractivity contribution < 1.29 is 4.79 Å². The van der Waals surface area contributed by atoms with Gasteiger partial charge < -0.3 is 5.73 Å². The molecule has 0 radical (unpaired) electrons. The van der Waals surface area contributed by atoms with Crippen LogP contribution in [0.15, 0.2) is 24.3 Å². The van der Waals surface area contributed by atoms with Gasteiger partial charge in [-0.05, 0) is 22.7 Å². The van der Waals surface area contributed by atoms with Crippen LogP contribution in [0.4, 0.5) is 0 Å². The Morgan fingerprint density at radius 1 is 1.31 bits per heavy atom. The second-order valence-corrected chi connectivity index (χ2v) is 2.93. The number of hydrogen-bond donors (Lipinski definition) is 1. The fourth-order valence-electron chi connectivity index (χ4n) is 1.08. The number of halogens is 2. The number of carbonyl (C=O) groups is 1. The second kappa shape index (κ2) is 5.97. The maximum Gasteiger partial charge on any atom is 0.226 e. The van der Waals surface area contributed by atoms with Crippen LogP contribution in [0, 0.1) is 0 Å². The smallest absolute Gasteiger partial charge is 0.226 e. The number of hydrogen-bond acceptors (Lipinski definition) is 2. The SMILES string of the molecule is Cl.NCc1ccccc1CC(=O)Cl. The summed E-state index contributed by atoms with van der Waals surface area (Å²) in [5.74, 6) is 0. The fraction of sp³-hybridized carbons (Fsp3) is 0.222. The van der Waals surface area contributed by atoms with Crippen LogP contribution in [0.5, 0.6) is 0 Å². The summed E-state index contributed by atoms with van der Waals surface area (Å²) in [5.41, 5.74) is 7.37. The zero-order valence-corrected chi connectivity index (χ0v) is 8.57. The Morgan fingerprint density at radius 2 is 1.85 bits per heavy atom. The highest BCUT2D eigenvalue weighted by atomic mass is 35.5. The maximum absolute atomic E-state index is 10.6. The Kier molecular flexibility index (Phi) is 5.71. The summed E-state index contributed by atoms with van der Waals surface area (Å²) < 4.78 is 0. The summed E-state index contributed by atoms with van der Waals surface area (Å²) in [4.78, 5) is 10.6. The number of nitrogens with two attached hydrogens (primary N) is 1. The molecule has 0 atom stereocenters. The van der Waals surface area contributed by atoms with Crippen molar-refractivity contribution in [3.8, 4) is 0 Å². The molecule has 1 rings (SSSR count). The van der Waals surface area contributed by atoms with Crippen LogP contribution in [0.1, 0.15) is 11.1 Å². The molecule has 2 N–H and O–H groups in total. The molecule has 0 saturated heterocycles. The van der Waals surface area contributed by atoms with E-state index in [-0.39, 0.29) is 24.1 Å². The van der Waals surface area contributed by atoms with Crippen molar-refractivity contribution in [3.05, 3.63) is 35.4 Å². The molecule has 0 heterocycles. The van der Waals surface area contributed by atoms with Crippen molar-refractivity contribution in [3.63, 3.8) is 0 Å². The predicted octanol–water partition coefficient (Wildman–Crippen LogP) is 1.88. The Hall–Kier alpha value is -0.570. The van der Waals surface area contributed by atoms with E-state index in [1.54, 1.807) is 0 Å². The largest absolute Gasteiger partial charge is 0.326 e. The third-order valence-corrected chi connectivity index (χ3v) is 1.80. The van der Waals surface area contributed by atoms with Crippen molar-refractivity contribution in [1.82, 2.24) is 0 Å². The van der Waals surface area contributed by atoms with Gasteiger partial charge in [-0.2, -0.15) is 0 Å². The van der Waals surface area contributed by atoms with Gasteiger partial charge in [0, 0.05) is 13.0 Å². The van der Waals surface area contributed by atoms with Gasteiger partial charge in [0.1, 0.15) is 0 Å². The molecule has 0 aliphatic rings. The molecule has 0 amide bonds. The van der Waals surface area contributed by atoms with Gasteiger partial charge in [0.2, 0.25) is 5.24 Å². The molecule has 0 aromatic heterocycles. The highest BCUT2D eigenvalue weighted by Crippen LogP contribution is 2.09. The summed E-state index contributed by atoms with van der Waals surface area (Å²) in [6.07, 6.45) is 0.259. The molecule has 2 nitrogen and oxygen atoms in total. The molecule has 0 spiro atoms. The molecule has 0 saturated carbocycles. The van der Waals surface area contributed by atoms with Crippen molar-refractivity contribution >= 4 is 29.3 Å². The molecular formula is C9H11Cl2NO. The zero-order valence-electron chi connectivity index (χ0n) is 7.00. The minimum absolute atomic E-state index is 0. The first kappa shape index (κ1) is 12.4. The summed E-state index contributed by atoms with van der Waals surface area (Å²) in [6.45, 7) is 0.445. The van der Waals surface area contributed by atoms with Gasteiger partial charge in [-0.15, -0.1) is 12.4 Å². The van der Waals surface area contributed by atoms with Gasteiger partial charge in [0.25, 0.3) is 0 Å². The molecule has 1 aromatic rings. The molecule has 0 bridgehead atoms. The number of benzene rings is 1. The lowest BCUT2D eigenvalue weighted by atomic mass is 10.1. The van der Waals surface area contributed by atoms with Gasteiger partial charge in [-0.1, -0.05) is 24.3 Å². The number of rotatable bonds is 3. The van der Waals surface area contributed by atoms with Crippen molar-refractivity contribution in [2.45, 2.75) is 13.0 Å². The zero-order chi connectivity index (χ0) is 8.97. The summed E-state index contributed by atoms with van der Waals surface area (Å²) in [6, 6.07) is 7.52. The van der Waals surface area contributed by atoms with E-state index < -0.39 is 0 Å². The number of carbonyl (C=O) groups excluding carboxylic acids is 1. The van der Waals surface area contributed by atoms with Crippen LogP contribution in [0.3, 0.4) is 0 Å². The van der Waals surface area contributed by atoms with E-state index in [1.165, 1.54) is 0 Å². The average molecular weight is 220 g/mol. The lowest BCUT2D eigenvalue weighted by Gasteiger charge is -2.03. The van der Waals surface area contributed by atoms with E-state index in [4.69, 9.17) is 17.3 Å². The Morgan fingerprint density at radius 3 is 2.31 bits per heavy atom. The van der Waals surface area contributed by atoms with E-state index >= 15 is 0 Å². The summed E-state index contributed by atoms with van der Waals surface area (Å²) in [5, 5.41) is -0.351. The summed E-state index contributed by atoms with van der Waals surface area (Å²) >= 11 is 5.26. The summed E-state index contributed by atoms with van der Waals surface area (Å²) in [7, 11) is 0. The van der Waals surface area contributed by atoms with Crippen molar-refractivity contribution in [1.29, 1.82) is 0 Å². The standard InChI is InChI=1S/C9H10ClNO.ClH/c10-9(12)5-7-3-1-2-4-8(7)6-11;/h1-4H,5-6,11H2;1H. The predicted molar refractivity (Wildman–Crippen MR) is 56.1 cm³/mol. The molecular weight excluding hydrogens is 209 g/mol. The topological polar surface area (TPSA) is 43.1 Å². The molecule has 1 aromatic carbocycles. The minimum atomic E-state index is -0.351. The van der Waals surface area contributed by atoms with E-state index in [0.29, 0.717) is 6.54 Å². The highest BCUT2D eigenvalue weighted by Gasteiger charge is 2.03. The van der Waals surface area contributed by atoms with Crippen LogP contribution in [-0.4, -0.2) is 5.24 Å². The molecule has 13 heavy (non-hydrogen) atoms. The first-order valence-electron chi connectivity index (χ1n) is 3.69. The highest BCUT2D eigenvalue weighted by molar-refractivity contribution is 6.63. The van der Waals surface area contributed by atoms with E-state index in [9.17, 15) is 4.79 Å². The van der Waals surface area contributed by atoms with Gasteiger partial charge in [-0.3, -0.25) is 4.79 Å². The van der Waals surface area contributed by atoms with Crippen LogP contribution in [0.25, 0.3) is 0 Å². The maximum atomic E-state index is 10.6. The Labute approximate surface area is 88.5 Å². The lowest BCUT2D eigenvalue weighted by Crippen LogP contribution is -2.03. The van der Waals surface area contributed by atoms with E-state index in [1.807, 2.05) is 24.3 Å².